The molecule has 2 N–H and O–H groups in total. The zero-order valence-corrected chi connectivity index (χ0v) is 18.9. The maximum atomic E-state index is 12.4. The van der Waals surface area contributed by atoms with Crippen LogP contribution in [0.2, 0.25) is 5.15 Å². The number of pyridine rings is 2. The number of ether oxygens (including phenoxy) is 3. The van der Waals surface area contributed by atoms with E-state index in [1.54, 1.807) is 19.2 Å². The second-order valence-electron chi connectivity index (χ2n) is 8.33. The number of nitrogens with one attached hydrogen (secondary N) is 2. The summed E-state index contributed by atoms with van der Waals surface area (Å²) in [6, 6.07) is 5.33. The molecule has 4 heterocycles. The number of halogens is 1. The molecule has 33 heavy (non-hydrogen) atoms. The first-order valence-corrected chi connectivity index (χ1v) is 11.2. The van der Waals surface area contributed by atoms with Gasteiger partial charge in [0.15, 0.2) is 18.2 Å². The first-order valence-electron chi connectivity index (χ1n) is 10.8. The third-order valence-electron chi connectivity index (χ3n) is 6.04. The normalized spacial score (nSPS) is 21.2. The predicted molar refractivity (Wildman–Crippen MR) is 120 cm³/mol. The second-order valence-corrected chi connectivity index (χ2v) is 8.69. The van der Waals surface area contributed by atoms with E-state index in [2.05, 4.69) is 20.6 Å². The number of rotatable bonds is 7. The Labute approximate surface area is 195 Å². The summed E-state index contributed by atoms with van der Waals surface area (Å²) in [6.07, 6.45) is 1.81. The van der Waals surface area contributed by atoms with E-state index in [-0.39, 0.29) is 18.6 Å². The number of amides is 2. The predicted octanol–water partition coefficient (Wildman–Crippen LogP) is 2.19. The van der Waals surface area contributed by atoms with E-state index in [1.807, 2.05) is 6.07 Å². The minimum absolute atomic E-state index is 0.0417. The molecule has 0 aromatic carbocycles. The number of fused-ring (bicyclic) bond motifs is 2. The molecule has 2 unspecified atom stereocenters. The highest BCUT2D eigenvalue weighted by atomic mass is 35.5. The summed E-state index contributed by atoms with van der Waals surface area (Å²) in [5.41, 5.74) is 2.29. The molecule has 2 aliphatic heterocycles. The Morgan fingerprint density at radius 1 is 1.30 bits per heavy atom. The molecule has 2 aromatic heterocycles. The van der Waals surface area contributed by atoms with Crippen LogP contribution in [0.3, 0.4) is 0 Å². The number of methoxy groups -OCH3 is 1. The van der Waals surface area contributed by atoms with Gasteiger partial charge in [0.2, 0.25) is 5.88 Å². The van der Waals surface area contributed by atoms with Crippen molar-refractivity contribution >= 4 is 35.2 Å². The minimum atomic E-state index is -0.446. The van der Waals surface area contributed by atoms with Crippen LogP contribution in [0.1, 0.15) is 17.5 Å². The topological polar surface area (TPSA) is 115 Å². The molecule has 2 atom stereocenters. The summed E-state index contributed by atoms with van der Waals surface area (Å²) < 4.78 is 16.0. The molecule has 5 rings (SSSR count). The van der Waals surface area contributed by atoms with Crippen LogP contribution in [-0.4, -0.2) is 61.4 Å². The Bertz CT molecular complexity index is 1100. The van der Waals surface area contributed by atoms with Gasteiger partial charge in [0.1, 0.15) is 17.1 Å². The van der Waals surface area contributed by atoms with E-state index in [4.69, 9.17) is 25.8 Å². The fourth-order valence-electron chi connectivity index (χ4n) is 4.42. The number of cyclic esters (lactones) is 1. The van der Waals surface area contributed by atoms with Gasteiger partial charge in [-0.3, -0.25) is 9.69 Å². The molecule has 0 bridgehead atoms. The maximum absolute atomic E-state index is 12.4. The van der Waals surface area contributed by atoms with Crippen LogP contribution in [0.4, 0.5) is 16.4 Å². The molecule has 0 spiro atoms. The second kappa shape index (κ2) is 9.03. The average molecular weight is 474 g/mol. The fourth-order valence-corrected chi connectivity index (χ4v) is 4.70. The monoisotopic (exact) mass is 473 g/mol. The van der Waals surface area contributed by atoms with Gasteiger partial charge in [-0.2, -0.15) is 0 Å². The average Bonchev–Trinajstić information content (AvgIpc) is 3.39. The van der Waals surface area contributed by atoms with Crippen molar-refractivity contribution in [3.05, 3.63) is 34.5 Å². The molecule has 0 saturated carbocycles. The number of hydrogen-bond donors (Lipinski definition) is 2. The summed E-state index contributed by atoms with van der Waals surface area (Å²) in [5.74, 6) is 1.92. The molecule has 10 nitrogen and oxygen atoms in total. The van der Waals surface area contributed by atoms with Gasteiger partial charge in [-0.25, -0.2) is 14.8 Å². The van der Waals surface area contributed by atoms with E-state index in [9.17, 15) is 9.59 Å². The number of aromatic nitrogens is 2. The Hall–Kier alpha value is -3.11. The van der Waals surface area contributed by atoms with Gasteiger partial charge in [0, 0.05) is 6.07 Å². The van der Waals surface area contributed by atoms with Crippen molar-refractivity contribution in [3.8, 4) is 11.6 Å². The van der Waals surface area contributed by atoms with Gasteiger partial charge in [0.05, 0.1) is 13.7 Å². The molecule has 2 aromatic rings. The van der Waals surface area contributed by atoms with Crippen LogP contribution in [0.15, 0.2) is 18.2 Å². The van der Waals surface area contributed by atoms with Crippen LogP contribution in [-0.2, 0) is 22.4 Å². The Morgan fingerprint density at radius 3 is 3.03 bits per heavy atom. The van der Waals surface area contributed by atoms with Gasteiger partial charge >= 0.3 is 6.09 Å². The molecule has 2 amide bonds. The fraction of sp³-hybridized carbons (Fsp3) is 0.455. The third kappa shape index (κ3) is 4.53. The lowest BCUT2D eigenvalue weighted by Crippen LogP contribution is -2.30. The first-order chi connectivity index (χ1) is 16.0. The van der Waals surface area contributed by atoms with E-state index >= 15 is 0 Å². The van der Waals surface area contributed by atoms with E-state index in [0.717, 1.165) is 31.5 Å². The van der Waals surface area contributed by atoms with Crippen molar-refractivity contribution in [1.82, 2.24) is 15.3 Å². The molecule has 1 saturated heterocycles. The highest BCUT2D eigenvalue weighted by molar-refractivity contribution is 6.30. The molecular weight excluding hydrogens is 450 g/mol. The van der Waals surface area contributed by atoms with Gasteiger partial charge in [-0.05, 0) is 61.5 Å². The molecule has 0 radical (unpaired) electrons. The number of carbonyl (C=O) groups excluding carboxylic acids is 2. The maximum Gasteiger partial charge on any atom is 0.415 e. The van der Waals surface area contributed by atoms with Crippen molar-refractivity contribution in [3.63, 3.8) is 0 Å². The van der Waals surface area contributed by atoms with Crippen molar-refractivity contribution in [2.45, 2.75) is 25.4 Å². The Balaban J connectivity index is 1.10. The SMILES string of the molecule is COc1cc2c(c(Cl)n1)CC(CNCCC1CN(c3ccc4c(n3)NC(=O)CO4)C(=O)O1)C2. The van der Waals surface area contributed by atoms with Crippen LogP contribution in [0.25, 0.3) is 0 Å². The number of hydrogen-bond acceptors (Lipinski definition) is 8. The van der Waals surface area contributed by atoms with Crippen LogP contribution in [0.5, 0.6) is 11.6 Å². The van der Waals surface area contributed by atoms with Crippen molar-refractivity contribution in [1.29, 1.82) is 0 Å². The third-order valence-corrected chi connectivity index (χ3v) is 6.35. The first kappa shape index (κ1) is 21.7. The summed E-state index contributed by atoms with van der Waals surface area (Å²) in [4.78, 5) is 34.0. The van der Waals surface area contributed by atoms with Gasteiger partial charge in [0.25, 0.3) is 5.91 Å². The quantitative estimate of drug-likeness (QED) is 0.464. The van der Waals surface area contributed by atoms with E-state index in [1.165, 1.54) is 10.5 Å². The zero-order valence-electron chi connectivity index (χ0n) is 18.1. The van der Waals surface area contributed by atoms with Gasteiger partial charge in [-0.15, -0.1) is 0 Å². The Kier molecular flexibility index (Phi) is 5.94. The standard InChI is InChI=1S/C22H24ClN5O5/c1-31-19-8-13-6-12(7-15(13)20(23)27-19)9-24-5-4-14-10-28(22(30)33-14)17-3-2-16-21(25-17)26-18(29)11-32-16/h2-3,8,12,14,24H,4-7,9-11H2,1H3,(H,25,26,29). The number of carbonyl (C=O) groups is 2. The van der Waals surface area contributed by atoms with Crippen molar-refractivity contribution < 1.29 is 23.8 Å². The Morgan fingerprint density at radius 2 is 2.18 bits per heavy atom. The van der Waals surface area contributed by atoms with Crippen molar-refractivity contribution in [2.75, 3.05) is 43.6 Å². The number of anilines is 2. The zero-order chi connectivity index (χ0) is 22.9. The highest BCUT2D eigenvalue weighted by Gasteiger charge is 2.34. The van der Waals surface area contributed by atoms with Gasteiger partial charge in [-0.1, -0.05) is 11.6 Å². The van der Waals surface area contributed by atoms with Crippen LogP contribution in [0, 0.1) is 5.92 Å². The molecule has 174 valence electrons. The lowest BCUT2D eigenvalue weighted by atomic mass is 10.1. The molecular formula is C22H24ClN5O5. The highest BCUT2D eigenvalue weighted by Crippen LogP contribution is 2.33. The van der Waals surface area contributed by atoms with Crippen LogP contribution >= 0.6 is 11.6 Å². The van der Waals surface area contributed by atoms with Gasteiger partial charge < -0.3 is 24.8 Å². The summed E-state index contributed by atoms with van der Waals surface area (Å²) in [5, 5.41) is 6.64. The summed E-state index contributed by atoms with van der Waals surface area (Å²) >= 11 is 6.29. The lowest BCUT2D eigenvalue weighted by Gasteiger charge is -2.19. The minimum Gasteiger partial charge on any atom is -0.481 e. The summed E-state index contributed by atoms with van der Waals surface area (Å²) in [6.45, 7) is 1.91. The molecule has 1 fully saturated rings. The molecule has 1 aliphatic carbocycles. The lowest BCUT2D eigenvalue weighted by molar-refractivity contribution is -0.118. The van der Waals surface area contributed by atoms with Crippen molar-refractivity contribution in [2.24, 2.45) is 5.92 Å². The largest absolute Gasteiger partial charge is 0.481 e. The molecule has 3 aliphatic rings. The smallest absolute Gasteiger partial charge is 0.415 e. The summed E-state index contributed by atoms with van der Waals surface area (Å²) in [7, 11) is 1.59. The molecule has 11 heteroatoms. The van der Waals surface area contributed by atoms with E-state index in [0.29, 0.717) is 47.3 Å². The number of nitrogens with zero attached hydrogens (tertiary/aromatic N) is 3. The van der Waals surface area contributed by atoms with Crippen LogP contribution < -0.4 is 25.0 Å². The van der Waals surface area contributed by atoms with E-state index < -0.39 is 6.09 Å².